The zero-order valence-corrected chi connectivity index (χ0v) is 16.8. The summed E-state index contributed by atoms with van der Waals surface area (Å²) in [6.45, 7) is 4.42. The molecule has 140 valence electrons. The summed E-state index contributed by atoms with van der Waals surface area (Å²) < 4.78 is 1.10. The lowest BCUT2D eigenvalue weighted by molar-refractivity contribution is 0.102. The van der Waals surface area contributed by atoms with Gasteiger partial charge in [0.05, 0.1) is 10.2 Å². The smallest absolute Gasteiger partial charge is 0.257 e. The third-order valence-corrected chi connectivity index (χ3v) is 6.00. The van der Waals surface area contributed by atoms with Gasteiger partial charge in [-0.25, -0.2) is 4.98 Å². The van der Waals surface area contributed by atoms with E-state index < -0.39 is 0 Å². The van der Waals surface area contributed by atoms with Crippen LogP contribution in [0, 0.1) is 0 Å². The highest BCUT2D eigenvalue weighted by Crippen LogP contribution is 2.30. The van der Waals surface area contributed by atoms with E-state index in [4.69, 9.17) is 0 Å². The molecule has 4 rings (SSSR count). The van der Waals surface area contributed by atoms with Crippen molar-refractivity contribution in [1.29, 1.82) is 0 Å². The maximum absolute atomic E-state index is 12.6. The Hall–Kier alpha value is -2.98. The van der Waals surface area contributed by atoms with Gasteiger partial charge in [-0.2, -0.15) is 0 Å². The van der Waals surface area contributed by atoms with Gasteiger partial charge >= 0.3 is 0 Å². The van der Waals surface area contributed by atoms with Crippen molar-refractivity contribution < 1.29 is 4.79 Å². The lowest BCUT2D eigenvalue weighted by Crippen LogP contribution is -2.11. The average molecular weight is 387 g/mol. The molecule has 0 bridgehead atoms. The summed E-state index contributed by atoms with van der Waals surface area (Å²) in [6.07, 6.45) is 1.10. The van der Waals surface area contributed by atoms with E-state index in [0.29, 0.717) is 16.6 Å². The quantitative estimate of drug-likeness (QED) is 0.413. The molecule has 1 amide bonds. The summed E-state index contributed by atoms with van der Waals surface area (Å²) in [5.41, 5.74) is 5.09. The Labute approximate surface area is 169 Å². The molecule has 0 fully saturated rings. The number of nitrogens with one attached hydrogen (secondary N) is 1. The van der Waals surface area contributed by atoms with E-state index >= 15 is 0 Å². The number of amides is 1. The standard InChI is InChI=1S/C24H22N2OS/c1-3-16(2)20-13-14-21-22(15-20)28-24(25-21)26-23(27)19-11-9-18(10-12-19)17-7-5-4-6-8-17/h4-16H,3H2,1-2H3,(H,25,26,27). The second-order valence-electron chi connectivity index (χ2n) is 6.95. The molecule has 0 radical (unpaired) electrons. The molecule has 1 atom stereocenters. The number of carbonyl (C=O) groups excluding carboxylic acids is 1. The van der Waals surface area contributed by atoms with E-state index in [2.05, 4.69) is 48.4 Å². The molecule has 0 saturated carbocycles. The maximum atomic E-state index is 12.6. The zero-order chi connectivity index (χ0) is 19.5. The number of anilines is 1. The highest BCUT2D eigenvalue weighted by Gasteiger charge is 2.12. The molecule has 0 spiro atoms. The van der Waals surface area contributed by atoms with Crippen LogP contribution in [0.15, 0.2) is 72.8 Å². The lowest BCUT2D eigenvalue weighted by Gasteiger charge is -2.07. The summed E-state index contributed by atoms with van der Waals surface area (Å²) in [6, 6.07) is 24.1. The van der Waals surface area contributed by atoms with Crippen LogP contribution in [-0.4, -0.2) is 10.9 Å². The van der Waals surface area contributed by atoms with Gasteiger partial charge < -0.3 is 0 Å². The Bertz CT molecular complexity index is 1100. The first-order valence-corrected chi connectivity index (χ1v) is 10.3. The van der Waals surface area contributed by atoms with E-state index in [9.17, 15) is 4.79 Å². The van der Waals surface area contributed by atoms with Gasteiger partial charge in [-0.1, -0.05) is 73.7 Å². The summed E-state index contributed by atoms with van der Waals surface area (Å²) >= 11 is 1.52. The fraction of sp³-hybridized carbons (Fsp3) is 0.167. The summed E-state index contributed by atoms with van der Waals surface area (Å²) in [4.78, 5) is 17.2. The summed E-state index contributed by atoms with van der Waals surface area (Å²) in [7, 11) is 0. The molecule has 0 aliphatic heterocycles. The predicted octanol–water partition coefficient (Wildman–Crippen LogP) is 6.73. The van der Waals surface area contributed by atoms with Crippen molar-refractivity contribution in [2.24, 2.45) is 0 Å². The molecule has 1 unspecified atom stereocenters. The molecule has 0 saturated heterocycles. The minimum absolute atomic E-state index is 0.138. The Balaban J connectivity index is 1.51. The molecule has 4 heteroatoms. The fourth-order valence-corrected chi connectivity index (χ4v) is 4.06. The Kier molecular flexibility index (Phi) is 5.22. The van der Waals surface area contributed by atoms with Crippen LogP contribution in [0.2, 0.25) is 0 Å². The van der Waals surface area contributed by atoms with Gasteiger partial charge in [0.15, 0.2) is 5.13 Å². The molecule has 1 N–H and O–H groups in total. The van der Waals surface area contributed by atoms with Crippen LogP contribution in [0.1, 0.15) is 42.1 Å². The van der Waals surface area contributed by atoms with E-state index in [1.165, 1.54) is 16.9 Å². The number of nitrogens with zero attached hydrogens (tertiary/aromatic N) is 1. The van der Waals surface area contributed by atoms with Gasteiger partial charge in [-0.15, -0.1) is 0 Å². The molecular weight excluding hydrogens is 364 g/mol. The Morgan fingerprint density at radius 2 is 1.71 bits per heavy atom. The fourth-order valence-electron chi connectivity index (χ4n) is 3.15. The van der Waals surface area contributed by atoms with Crippen LogP contribution in [0.4, 0.5) is 5.13 Å². The molecule has 0 aliphatic rings. The second kappa shape index (κ2) is 7.95. The molecule has 1 heterocycles. The first-order chi connectivity index (χ1) is 13.6. The normalized spacial score (nSPS) is 12.1. The van der Waals surface area contributed by atoms with Crippen LogP contribution in [0.25, 0.3) is 21.3 Å². The first-order valence-electron chi connectivity index (χ1n) is 9.51. The van der Waals surface area contributed by atoms with Crippen molar-refractivity contribution in [3.8, 4) is 11.1 Å². The third kappa shape index (κ3) is 3.82. The monoisotopic (exact) mass is 386 g/mol. The second-order valence-corrected chi connectivity index (χ2v) is 7.98. The number of carbonyl (C=O) groups is 1. The van der Waals surface area contributed by atoms with Gasteiger partial charge in [0.25, 0.3) is 5.91 Å². The number of thiazole rings is 1. The highest BCUT2D eigenvalue weighted by molar-refractivity contribution is 7.22. The predicted molar refractivity (Wildman–Crippen MR) is 118 cm³/mol. The Morgan fingerprint density at radius 3 is 2.43 bits per heavy atom. The molecule has 4 aromatic rings. The van der Waals surface area contributed by atoms with Gasteiger partial charge in [0, 0.05) is 5.56 Å². The van der Waals surface area contributed by atoms with Gasteiger partial charge in [-0.3, -0.25) is 10.1 Å². The van der Waals surface area contributed by atoms with E-state index in [1.54, 1.807) is 0 Å². The van der Waals surface area contributed by atoms with Crippen molar-refractivity contribution in [2.45, 2.75) is 26.2 Å². The molecule has 3 nitrogen and oxygen atoms in total. The van der Waals surface area contributed by atoms with Crippen molar-refractivity contribution in [2.75, 3.05) is 5.32 Å². The molecule has 0 aliphatic carbocycles. The molecular formula is C24H22N2OS. The first kappa shape index (κ1) is 18.4. The molecule has 1 aromatic heterocycles. The number of hydrogen-bond acceptors (Lipinski definition) is 3. The van der Waals surface area contributed by atoms with Crippen molar-refractivity contribution in [3.05, 3.63) is 83.9 Å². The molecule has 3 aromatic carbocycles. The van der Waals surface area contributed by atoms with E-state index in [-0.39, 0.29) is 5.91 Å². The van der Waals surface area contributed by atoms with E-state index in [0.717, 1.165) is 27.8 Å². The van der Waals surface area contributed by atoms with Crippen LogP contribution >= 0.6 is 11.3 Å². The number of aromatic nitrogens is 1. The summed E-state index contributed by atoms with van der Waals surface area (Å²) in [5, 5.41) is 3.57. The number of benzene rings is 3. The zero-order valence-electron chi connectivity index (χ0n) is 16.0. The van der Waals surface area contributed by atoms with Crippen LogP contribution in [0.3, 0.4) is 0 Å². The van der Waals surface area contributed by atoms with Crippen molar-refractivity contribution >= 4 is 32.6 Å². The Morgan fingerprint density at radius 1 is 1.00 bits per heavy atom. The SMILES string of the molecule is CCC(C)c1ccc2nc(NC(=O)c3ccc(-c4ccccc4)cc3)sc2c1. The largest absolute Gasteiger partial charge is 0.298 e. The summed E-state index contributed by atoms with van der Waals surface area (Å²) in [5.74, 6) is 0.383. The maximum Gasteiger partial charge on any atom is 0.257 e. The average Bonchev–Trinajstić information content (AvgIpc) is 3.15. The van der Waals surface area contributed by atoms with Gasteiger partial charge in [-0.05, 0) is 53.3 Å². The van der Waals surface area contributed by atoms with E-state index in [1.807, 2.05) is 48.5 Å². The van der Waals surface area contributed by atoms with Crippen LogP contribution in [-0.2, 0) is 0 Å². The number of rotatable bonds is 5. The minimum atomic E-state index is -0.138. The number of hydrogen-bond donors (Lipinski definition) is 1. The van der Waals surface area contributed by atoms with Crippen LogP contribution < -0.4 is 5.32 Å². The van der Waals surface area contributed by atoms with Crippen molar-refractivity contribution in [3.63, 3.8) is 0 Å². The topological polar surface area (TPSA) is 42.0 Å². The lowest BCUT2D eigenvalue weighted by atomic mass is 9.99. The van der Waals surface area contributed by atoms with Gasteiger partial charge in [0.1, 0.15) is 0 Å². The highest BCUT2D eigenvalue weighted by atomic mass is 32.1. The third-order valence-electron chi connectivity index (χ3n) is 5.07. The minimum Gasteiger partial charge on any atom is -0.298 e. The number of fused-ring (bicyclic) bond motifs is 1. The van der Waals surface area contributed by atoms with Crippen molar-refractivity contribution in [1.82, 2.24) is 4.98 Å². The van der Waals surface area contributed by atoms with Gasteiger partial charge in [0.2, 0.25) is 0 Å². The van der Waals surface area contributed by atoms with Crippen LogP contribution in [0.5, 0.6) is 0 Å². The molecule has 28 heavy (non-hydrogen) atoms.